The lowest BCUT2D eigenvalue weighted by Crippen LogP contribution is -2.45. The first-order valence-corrected chi connectivity index (χ1v) is 6.17. The van der Waals surface area contributed by atoms with Crippen molar-refractivity contribution in [1.29, 1.82) is 0 Å². The molecular formula is C13H19N3O2. The average molecular weight is 249 g/mol. The third kappa shape index (κ3) is 2.26. The highest BCUT2D eigenvalue weighted by molar-refractivity contribution is 6.00. The highest BCUT2D eigenvalue weighted by Gasteiger charge is 2.31. The van der Waals surface area contributed by atoms with Gasteiger partial charge in [0.1, 0.15) is 5.75 Å². The van der Waals surface area contributed by atoms with E-state index in [-0.39, 0.29) is 5.91 Å². The SMILES string of the molecule is CNc1ccc2c(c1)N(CCCN)C(=O)C(C)O2. The number of anilines is 2. The van der Waals surface area contributed by atoms with Crippen LogP contribution < -0.4 is 20.7 Å². The van der Waals surface area contributed by atoms with Gasteiger partial charge in [-0.2, -0.15) is 0 Å². The molecule has 3 N–H and O–H groups in total. The third-order valence-corrected chi connectivity index (χ3v) is 3.04. The summed E-state index contributed by atoms with van der Waals surface area (Å²) in [6, 6.07) is 5.75. The predicted molar refractivity (Wildman–Crippen MR) is 72.1 cm³/mol. The van der Waals surface area contributed by atoms with Gasteiger partial charge >= 0.3 is 0 Å². The number of nitrogens with one attached hydrogen (secondary N) is 1. The van der Waals surface area contributed by atoms with Gasteiger partial charge in [-0.25, -0.2) is 0 Å². The lowest BCUT2D eigenvalue weighted by molar-refractivity contribution is -0.125. The molecule has 1 aliphatic rings. The first-order valence-electron chi connectivity index (χ1n) is 6.17. The van der Waals surface area contributed by atoms with Crippen LogP contribution in [-0.2, 0) is 4.79 Å². The zero-order valence-electron chi connectivity index (χ0n) is 10.8. The molecule has 0 aromatic heterocycles. The van der Waals surface area contributed by atoms with Gasteiger partial charge in [-0.05, 0) is 38.1 Å². The van der Waals surface area contributed by atoms with Crippen LogP contribution in [0.5, 0.6) is 5.75 Å². The summed E-state index contributed by atoms with van der Waals surface area (Å²) in [5.74, 6) is 0.738. The normalized spacial score (nSPS) is 18.3. The Morgan fingerprint density at radius 3 is 2.94 bits per heavy atom. The van der Waals surface area contributed by atoms with Crippen molar-refractivity contribution in [3.63, 3.8) is 0 Å². The fraction of sp³-hybridized carbons (Fsp3) is 0.462. The highest BCUT2D eigenvalue weighted by Crippen LogP contribution is 2.36. The Morgan fingerprint density at radius 2 is 2.28 bits per heavy atom. The highest BCUT2D eigenvalue weighted by atomic mass is 16.5. The molecule has 98 valence electrons. The van der Waals surface area contributed by atoms with Crippen LogP contribution in [0.1, 0.15) is 13.3 Å². The van der Waals surface area contributed by atoms with Crippen molar-refractivity contribution in [2.45, 2.75) is 19.4 Å². The minimum Gasteiger partial charge on any atom is -0.479 e. The van der Waals surface area contributed by atoms with Crippen molar-refractivity contribution in [2.75, 3.05) is 30.4 Å². The largest absolute Gasteiger partial charge is 0.479 e. The van der Waals surface area contributed by atoms with Gasteiger partial charge in [0.05, 0.1) is 5.69 Å². The Balaban J connectivity index is 2.36. The Hall–Kier alpha value is -1.75. The standard InChI is InChI=1S/C13H19N3O2/c1-9-13(17)16(7-3-6-14)11-8-10(15-2)4-5-12(11)18-9/h4-5,8-9,15H,3,6-7,14H2,1-2H3. The molecule has 1 heterocycles. The van der Waals surface area contributed by atoms with E-state index < -0.39 is 6.10 Å². The number of hydrogen-bond acceptors (Lipinski definition) is 4. The van der Waals surface area contributed by atoms with Gasteiger partial charge in [-0.15, -0.1) is 0 Å². The van der Waals surface area contributed by atoms with Crippen LogP contribution in [0.3, 0.4) is 0 Å². The third-order valence-electron chi connectivity index (χ3n) is 3.04. The molecule has 1 amide bonds. The smallest absolute Gasteiger partial charge is 0.267 e. The van der Waals surface area contributed by atoms with Crippen molar-refractivity contribution in [3.05, 3.63) is 18.2 Å². The average Bonchev–Trinajstić information content (AvgIpc) is 2.39. The van der Waals surface area contributed by atoms with E-state index in [1.807, 2.05) is 25.2 Å². The maximum atomic E-state index is 12.1. The molecule has 1 aliphatic heterocycles. The van der Waals surface area contributed by atoms with E-state index in [0.717, 1.165) is 23.5 Å². The number of hydrogen-bond donors (Lipinski definition) is 2. The summed E-state index contributed by atoms with van der Waals surface area (Å²) in [4.78, 5) is 13.9. The zero-order valence-corrected chi connectivity index (χ0v) is 10.8. The fourth-order valence-corrected chi connectivity index (χ4v) is 2.04. The minimum absolute atomic E-state index is 0.01000. The molecule has 1 aromatic rings. The first-order chi connectivity index (χ1) is 8.67. The topological polar surface area (TPSA) is 67.6 Å². The van der Waals surface area contributed by atoms with Crippen molar-refractivity contribution in [2.24, 2.45) is 5.73 Å². The molecule has 0 saturated heterocycles. The number of ether oxygens (including phenoxy) is 1. The molecule has 0 spiro atoms. The Kier molecular flexibility index (Phi) is 3.72. The van der Waals surface area contributed by atoms with Gasteiger partial charge in [0, 0.05) is 19.3 Å². The van der Waals surface area contributed by atoms with E-state index in [2.05, 4.69) is 5.32 Å². The fourth-order valence-electron chi connectivity index (χ4n) is 2.04. The monoisotopic (exact) mass is 249 g/mol. The van der Waals surface area contributed by atoms with Gasteiger partial charge in [-0.1, -0.05) is 0 Å². The summed E-state index contributed by atoms with van der Waals surface area (Å²) in [5, 5.41) is 3.06. The van der Waals surface area contributed by atoms with Gasteiger partial charge in [0.25, 0.3) is 5.91 Å². The molecule has 1 aromatic carbocycles. The van der Waals surface area contributed by atoms with Crippen LogP contribution in [0, 0.1) is 0 Å². The summed E-state index contributed by atoms with van der Waals surface area (Å²) in [7, 11) is 1.85. The number of rotatable bonds is 4. The molecular weight excluding hydrogens is 230 g/mol. The number of fused-ring (bicyclic) bond motifs is 1. The van der Waals surface area contributed by atoms with Crippen molar-refractivity contribution >= 4 is 17.3 Å². The number of carbonyl (C=O) groups excluding carboxylic acids is 1. The first kappa shape index (κ1) is 12.7. The van der Waals surface area contributed by atoms with E-state index in [9.17, 15) is 4.79 Å². The molecule has 5 heteroatoms. The zero-order chi connectivity index (χ0) is 13.1. The second kappa shape index (κ2) is 5.27. The van der Waals surface area contributed by atoms with Gasteiger partial charge in [0.2, 0.25) is 0 Å². The molecule has 0 bridgehead atoms. The number of nitrogens with two attached hydrogens (primary N) is 1. The van der Waals surface area contributed by atoms with Crippen LogP contribution in [0.2, 0.25) is 0 Å². The molecule has 0 aliphatic carbocycles. The number of carbonyl (C=O) groups is 1. The molecule has 18 heavy (non-hydrogen) atoms. The van der Waals surface area contributed by atoms with Crippen LogP contribution in [0.4, 0.5) is 11.4 Å². The van der Waals surface area contributed by atoms with E-state index in [4.69, 9.17) is 10.5 Å². The molecule has 1 atom stereocenters. The summed E-state index contributed by atoms with van der Waals surface area (Å²) >= 11 is 0. The maximum absolute atomic E-state index is 12.1. The maximum Gasteiger partial charge on any atom is 0.267 e. The molecule has 2 rings (SSSR count). The molecule has 0 radical (unpaired) electrons. The van der Waals surface area contributed by atoms with E-state index >= 15 is 0 Å². The molecule has 1 unspecified atom stereocenters. The second-order valence-corrected chi connectivity index (χ2v) is 4.32. The quantitative estimate of drug-likeness (QED) is 0.841. The minimum atomic E-state index is -0.435. The number of amides is 1. The Bertz CT molecular complexity index is 448. The van der Waals surface area contributed by atoms with Crippen LogP contribution in [-0.4, -0.2) is 32.1 Å². The molecule has 0 fully saturated rings. The number of nitrogens with zero attached hydrogens (tertiary/aromatic N) is 1. The van der Waals surface area contributed by atoms with Gasteiger partial charge in [-0.3, -0.25) is 4.79 Å². The Morgan fingerprint density at radius 1 is 1.50 bits per heavy atom. The van der Waals surface area contributed by atoms with E-state index in [1.165, 1.54) is 0 Å². The van der Waals surface area contributed by atoms with Gasteiger partial charge < -0.3 is 20.7 Å². The summed E-state index contributed by atoms with van der Waals surface area (Å²) < 4.78 is 5.60. The second-order valence-electron chi connectivity index (χ2n) is 4.32. The van der Waals surface area contributed by atoms with Crippen molar-refractivity contribution in [3.8, 4) is 5.75 Å². The van der Waals surface area contributed by atoms with E-state index in [1.54, 1.807) is 11.8 Å². The summed E-state index contributed by atoms with van der Waals surface area (Å²) in [6.45, 7) is 2.97. The predicted octanol–water partition coefficient (Wildman–Crippen LogP) is 1.19. The lowest BCUT2D eigenvalue weighted by Gasteiger charge is -2.33. The summed E-state index contributed by atoms with van der Waals surface area (Å²) in [5.41, 5.74) is 7.29. The van der Waals surface area contributed by atoms with Crippen LogP contribution in [0.15, 0.2) is 18.2 Å². The van der Waals surface area contributed by atoms with Crippen molar-refractivity contribution < 1.29 is 9.53 Å². The van der Waals surface area contributed by atoms with Crippen LogP contribution in [0.25, 0.3) is 0 Å². The van der Waals surface area contributed by atoms with Crippen LogP contribution >= 0.6 is 0 Å². The molecule has 5 nitrogen and oxygen atoms in total. The van der Waals surface area contributed by atoms with E-state index in [0.29, 0.717) is 13.1 Å². The van der Waals surface area contributed by atoms with Gasteiger partial charge in [0.15, 0.2) is 6.10 Å². The molecule has 0 saturated carbocycles. The number of benzene rings is 1. The van der Waals surface area contributed by atoms with Crippen molar-refractivity contribution in [1.82, 2.24) is 0 Å². The summed E-state index contributed by atoms with van der Waals surface area (Å²) in [6.07, 6.45) is 0.345. The Labute approximate surface area is 107 Å². The lowest BCUT2D eigenvalue weighted by atomic mass is 10.1.